The van der Waals surface area contributed by atoms with Crippen LogP contribution >= 0.6 is 0 Å². The Hall–Kier alpha value is -2.70. The van der Waals surface area contributed by atoms with E-state index in [9.17, 15) is 9.59 Å². The standard InChI is InChI=1S/C25H34N4O2/c1-19-9-8-10-20(2)25(19)26-23(30)17-28-13-15-29(16-14-28)18-24(31)27(4)21(3)22-11-6-5-7-12-22/h5-12,21H,13-18H2,1-4H3,(H,26,30)/p+2/t21-/m1/s1. The molecule has 1 aliphatic rings. The van der Waals surface area contributed by atoms with Crippen molar-refractivity contribution in [2.45, 2.75) is 26.8 Å². The molecule has 3 N–H and O–H groups in total. The number of carbonyl (C=O) groups is 2. The molecule has 0 unspecified atom stereocenters. The van der Waals surface area contributed by atoms with Crippen LogP contribution in [-0.4, -0.2) is 63.0 Å². The monoisotopic (exact) mass is 424 g/mol. The first kappa shape index (κ1) is 23.0. The number of rotatable bonds is 7. The summed E-state index contributed by atoms with van der Waals surface area (Å²) in [6, 6.07) is 16.2. The number of hydrogen-bond acceptors (Lipinski definition) is 2. The maximum Gasteiger partial charge on any atom is 0.279 e. The van der Waals surface area contributed by atoms with Gasteiger partial charge in [0.15, 0.2) is 13.1 Å². The van der Waals surface area contributed by atoms with Gasteiger partial charge in [0.25, 0.3) is 11.8 Å². The number of carbonyl (C=O) groups excluding carboxylic acids is 2. The summed E-state index contributed by atoms with van der Waals surface area (Å²) in [4.78, 5) is 29.8. The minimum Gasteiger partial charge on any atom is -0.334 e. The first-order chi connectivity index (χ1) is 14.8. The highest BCUT2D eigenvalue weighted by molar-refractivity contribution is 5.93. The van der Waals surface area contributed by atoms with Crippen LogP contribution in [-0.2, 0) is 9.59 Å². The summed E-state index contributed by atoms with van der Waals surface area (Å²) >= 11 is 0. The van der Waals surface area contributed by atoms with Crippen molar-refractivity contribution in [2.75, 3.05) is 51.6 Å². The zero-order valence-electron chi connectivity index (χ0n) is 19.2. The summed E-state index contributed by atoms with van der Waals surface area (Å²) in [7, 11) is 1.89. The lowest BCUT2D eigenvalue weighted by Crippen LogP contribution is -3.28. The lowest BCUT2D eigenvalue weighted by Gasteiger charge is -2.31. The molecule has 0 bridgehead atoms. The minimum atomic E-state index is 0.0587. The van der Waals surface area contributed by atoms with E-state index in [1.165, 1.54) is 9.80 Å². The Labute approximate surface area is 185 Å². The van der Waals surface area contributed by atoms with Gasteiger partial charge in [-0.25, -0.2) is 0 Å². The van der Waals surface area contributed by atoms with E-state index >= 15 is 0 Å². The number of para-hydroxylation sites is 1. The van der Waals surface area contributed by atoms with Gasteiger partial charge in [-0.3, -0.25) is 9.59 Å². The van der Waals surface area contributed by atoms with Crippen molar-refractivity contribution in [3.63, 3.8) is 0 Å². The average Bonchev–Trinajstić information content (AvgIpc) is 2.77. The van der Waals surface area contributed by atoms with Gasteiger partial charge in [0.1, 0.15) is 26.2 Å². The summed E-state index contributed by atoms with van der Waals surface area (Å²) in [6.45, 7) is 10.7. The van der Waals surface area contributed by atoms with E-state index < -0.39 is 0 Å². The molecule has 0 aliphatic carbocycles. The SMILES string of the molecule is Cc1cccc(C)c1NC(=O)C[NH+]1CC[NH+](CC(=O)N(C)[C@H](C)c2ccccc2)CC1. The number of aryl methyl sites for hydroxylation is 2. The number of nitrogens with one attached hydrogen (secondary N) is 3. The Morgan fingerprint density at radius 2 is 1.45 bits per heavy atom. The molecule has 1 aliphatic heterocycles. The van der Waals surface area contributed by atoms with Gasteiger partial charge < -0.3 is 20.0 Å². The second kappa shape index (κ2) is 10.6. The van der Waals surface area contributed by atoms with Gasteiger partial charge in [-0.2, -0.15) is 0 Å². The van der Waals surface area contributed by atoms with E-state index in [1.54, 1.807) is 0 Å². The molecule has 166 valence electrons. The summed E-state index contributed by atoms with van der Waals surface area (Å²) in [6.07, 6.45) is 0. The fourth-order valence-electron chi connectivity index (χ4n) is 4.24. The number of nitrogens with zero attached hydrogens (tertiary/aromatic N) is 1. The number of amides is 2. The topological polar surface area (TPSA) is 58.3 Å². The molecular formula is C25H36N4O2+2. The smallest absolute Gasteiger partial charge is 0.279 e. The molecule has 3 rings (SSSR count). The van der Waals surface area contributed by atoms with E-state index in [0.29, 0.717) is 13.1 Å². The molecule has 6 nitrogen and oxygen atoms in total. The van der Waals surface area contributed by atoms with Crippen LogP contribution in [0, 0.1) is 13.8 Å². The average molecular weight is 425 g/mol. The zero-order chi connectivity index (χ0) is 22.4. The van der Waals surface area contributed by atoms with Gasteiger partial charge in [0.2, 0.25) is 0 Å². The fraction of sp³-hybridized carbons (Fsp3) is 0.440. The molecule has 2 aromatic rings. The van der Waals surface area contributed by atoms with Gasteiger partial charge in [0.05, 0.1) is 6.04 Å². The fourth-order valence-corrected chi connectivity index (χ4v) is 4.24. The van der Waals surface area contributed by atoms with Gasteiger partial charge in [-0.1, -0.05) is 48.5 Å². The first-order valence-electron chi connectivity index (χ1n) is 11.2. The van der Waals surface area contributed by atoms with Crippen molar-refractivity contribution in [2.24, 2.45) is 0 Å². The van der Waals surface area contributed by atoms with Crippen molar-refractivity contribution < 1.29 is 19.4 Å². The van der Waals surface area contributed by atoms with Crippen LogP contribution in [0.1, 0.15) is 29.7 Å². The van der Waals surface area contributed by atoms with Crippen LogP contribution in [0.2, 0.25) is 0 Å². The molecule has 2 amide bonds. The Morgan fingerprint density at radius 1 is 0.903 bits per heavy atom. The number of piperazine rings is 1. The maximum absolute atomic E-state index is 12.8. The third-order valence-corrected chi connectivity index (χ3v) is 6.48. The number of quaternary nitrogens is 2. The van der Waals surface area contributed by atoms with Crippen LogP contribution in [0.4, 0.5) is 5.69 Å². The highest BCUT2D eigenvalue weighted by Gasteiger charge is 2.28. The van der Waals surface area contributed by atoms with Crippen molar-refractivity contribution in [1.29, 1.82) is 0 Å². The molecule has 2 aromatic carbocycles. The van der Waals surface area contributed by atoms with Gasteiger partial charge in [0, 0.05) is 12.7 Å². The molecule has 0 aromatic heterocycles. The molecule has 0 spiro atoms. The Kier molecular flexibility index (Phi) is 7.82. The lowest BCUT2D eigenvalue weighted by molar-refractivity contribution is -1.00. The molecule has 6 heteroatoms. The van der Waals surface area contributed by atoms with E-state index in [2.05, 4.69) is 24.4 Å². The predicted molar refractivity (Wildman–Crippen MR) is 123 cm³/mol. The van der Waals surface area contributed by atoms with Crippen molar-refractivity contribution in [1.82, 2.24) is 4.90 Å². The third kappa shape index (κ3) is 6.15. The van der Waals surface area contributed by atoms with Gasteiger partial charge in [-0.05, 0) is 37.5 Å². The van der Waals surface area contributed by atoms with Gasteiger partial charge in [-0.15, -0.1) is 0 Å². The number of hydrogen-bond donors (Lipinski definition) is 3. The van der Waals surface area contributed by atoms with Crippen molar-refractivity contribution >= 4 is 17.5 Å². The van der Waals surface area contributed by atoms with E-state index in [1.807, 2.05) is 62.2 Å². The Balaban J connectivity index is 1.44. The third-order valence-electron chi connectivity index (χ3n) is 6.48. The zero-order valence-corrected chi connectivity index (χ0v) is 19.2. The van der Waals surface area contributed by atoms with Crippen LogP contribution < -0.4 is 15.1 Å². The van der Waals surface area contributed by atoms with Crippen LogP contribution in [0.15, 0.2) is 48.5 Å². The lowest BCUT2D eigenvalue weighted by atomic mass is 10.1. The number of anilines is 1. The second-order valence-corrected chi connectivity index (χ2v) is 8.76. The highest BCUT2D eigenvalue weighted by Crippen LogP contribution is 2.19. The minimum absolute atomic E-state index is 0.0587. The normalized spacial score (nSPS) is 19.5. The molecule has 1 saturated heterocycles. The maximum atomic E-state index is 12.8. The van der Waals surface area contributed by atoms with Crippen molar-refractivity contribution in [3.05, 3.63) is 65.2 Å². The Bertz CT molecular complexity index is 871. The Morgan fingerprint density at radius 3 is 2.03 bits per heavy atom. The molecular weight excluding hydrogens is 388 g/mol. The summed E-state index contributed by atoms with van der Waals surface area (Å²) in [5.74, 6) is 0.228. The van der Waals surface area contributed by atoms with Crippen LogP contribution in [0.3, 0.4) is 0 Å². The molecule has 1 heterocycles. The quantitative estimate of drug-likeness (QED) is 0.597. The predicted octanol–water partition coefficient (Wildman–Crippen LogP) is 0.245. The van der Waals surface area contributed by atoms with E-state index in [0.717, 1.165) is 48.6 Å². The molecule has 1 atom stereocenters. The molecule has 0 radical (unpaired) electrons. The highest BCUT2D eigenvalue weighted by atomic mass is 16.2. The van der Waals surface area contributed by atoms with Crippen LogP contribution in [0.25, 0.3) is 0 Å². The molecule has 1 fully saturated rings. The van der Waals surface area contributed by atoms with Crippen LogP contribution in [0.5, 0.6) is 0 Å². The molecule has 31 heavy (non-hydrogen) atoms. The van der Waals surface area contributed by atoms with E-state index in [-0.39, 0.29) is 17.9 Å². The van der Waals surface area contributed by atoms with Gasteiger partial charge >= 0.3 is 0 Å². The second-order valence-electron chi connectivity index (χ2n) is 8.76. The first-order valence-corrected chi connectivity index (χ1v) is 11.2. The number of benzene rings is 2. The summed E-state index contributed by atoms with van der Waals surface area (Å²) in [5.41, 5.74) is 4.25. The molecule has 0 saturated carbocycles. The summed E-state index contributed by atoms with van der Waals surface area (Å²) in [5, 5.41) is 3.08. The summed E-state index contributed by atoms with van der Waals surface area (Å²) < 4.78 is 0. The number of likely N-dealkylation sites (N-methyl/N-ethyl adjacent to an activating group) is 1. The van der Waals surface area contributed by atoms with Crippen molar-refractivity contribution in [3.8, 4) is 0 Å². The largest absolute Gasteiger partial charge is 0.334 e. The van der Waals surface area contributed by atoms with E-state index in [4.69, 9.17) is 0 Å².